The Morgan fingerprint density at radius 2 is 1.44 bits per heavy atom. The fourth-order valence-electron chi connectivity index (χ4n) is 6.81. The zero-order valence-electron chi connectivity index (χ0n) is 28.8. The van der Waals surface area contributed by atoms with E-state index in [1.807, 2.05) is 31.3 Å². The van der Waals surface area contributed by atoms with Gasteiger partial charge >= 0.3 is 0 Å². The van der Waals surface area contributed by atoms with Crippen molar-refractivity contribution in [3.8, 4) is 23.0 Å². The van der Waals surface area contributed by atoms with Crippen LogP contribution in [-0.4, -0.2) is 96.4 Å². The maximum atomic E-state index is 12.6. The Labute approximate surface area is 303 Å². The van der Waals surface area contributed by atoms with Gasteiger partial charge in [0.2, 0.25) is 0 Å². The van der Waals surface area contributed by atoms with Crippen LogP contribution in [0.2, 0.25) is 0 Å². The molecular weight excluding hydrogens is 669 g/mol. The topological polar surface area (TPSA) is 63.7 Å². The summed E-state index contributed by atoms with van der Waals surface area (Å²) in [5.41, 5.74) is 3.34. The summed E-state index contributed by atoms with van der Waals surface area (Å²) < 4.78 is 22.6. The third kappa shape index (κ3) is 8.66. The predicted octanol–water partition coefficient (Wildman–Crippen LogP) is 6.99. The van der Waals surface area contributed by atoms with E-state index in [0.29, 0.717) is 12.4 Å². The van der Waals surface area contributed by atoms with E-state index < -0.39 is 4.75 Å². The lowest BCUT2D eigenvalue weighted by Gasteiger charge is -2.47. The summed E-state index contributed by atoms with van der Waals surface area (Å²) in [5, 5.41) is 0. The molecule has 8 nitrogen and oxygen atoms in total. The van der Waals surface area contributed by atoms with Gasteiger partial charge in [0.05, 0.1) is 38.4 Å². The zero-order chi connectivity index (χ0) is 32.5. The summed E-state index contributed by atoms with van der Waals surface area (Å²) in [6, 6.07) is 20.3. The number of anilines is 1. The van der Waals surface area contributed by atoms with Crippen LogP contribution in [0, 0.1) is 0 Å². The normalized spacial score (nSPS) is 19.4. The van der Waals surface area contributed by atoms with Crippen molar-refractivity contribution in [1.29, 1.82) is 0 Å². The lowest BCUT2D eigenvalue weighted by molar-refractivity contribution is -0.109. The molecule has 48 heavy (non-hydrogen) atoms. The van der Waals surface area contributed by atoms with E-state index >= 15 is 0 Å². The molecule has 11 heteroatoms. The number of benzene rings is 3. The van der Waals surface area contributed by atoms with E-state index in [0.717, 1.165) is 105 Å². The molecule has 5 rings (SSSR count). The molecule has 2 aliphatic heterocycles. The first-order valence-corrected chi connectivity index (χ1v) is 17.2. The molecule has 0 N–H and O–H groups in total. The predicted molar refractivity (Wildman–Crippen MR) is 201 cm³/mol. The molecule has 3 aromatic carbocycles. The van der Waals surface area contributed by atoms with Gasteiger partial charge in [-0.2, -0.15) is 0 Å². The van der Waals surface area contributed by atoms with Gasteiger partial charge in [-0.05, 0) is 62.1 Å². The molecule has 0 bridgehead atoms. The largest absolute Gasteiger partial charge is 0.496 e. The minimum atomic E-state index is -0.425. The lowest BCUT2D eigenvalue weighted by atomic mass is 9.86. The number of piperazine rings is 1. The molecule has 2 atom stereocenters. The second kappa shape index (κ2) is 18.8. The average molecular weight is 721 g/mol. The van der Waals surface area contributed by atoms with Crippen LogP contribution in [0.15, 0.2) is 65.6 Å². The number of para-hydroxylation sites is 2. The SMILES string of the molecule is CCC1(c2ccccc2OCCCCN2CCN(CCc3cc(OC)c(OC)cc3OC)CC2)Sc2ccccc2N(C)C1C=O.Cl.Cl. The number of hydrogen-bond donors (Lipinski definition) is 0. The first kappa shape index (κ1) is 39.6. The highest BCUT2D eigenvalue weighted by atomic mass is 35.5. The van der Waals surface area contributed by atoms with Gasteiger partial charge in [-0.15, -0.1) is 36.6 Å². The van der Waals surface area contributed by atoms with Crippen LogP contribution < -0.4 is 23.8 Å². The highest BCUT2D eigenvalue weighted by molar-refractivity contribution is 8.00. The number of carbonyl (C=O) groups is 1. The summed E-state index contributed by atoms with van der Waals surface area (Å²) in [7, 11) is 7.04. The second-order valence-corrected chi connectivity index (χ2v) is 13.4. The molecule has 3 aromatic rings. The van der Waals surface area contributed by atoms with Crippen LogP contribution in [0.5, 0.6) is 23.0 Å². The number of nitrogens with zero attached hydrogens (tertiary/aromatic N) is 3. The molecule has 264 valence electrons. The molecule has 1 saturated heterocycles. The monoisotopic (exact) mass is 719 g/mol. The van der Waals surface area contributed by atoms with Gasteiger partial charge in [-0.1, -0.05) is 37.3 Å². The van der Waals surface area contributed by atoms with E-state index in [9.17, 15) is 4.79 Å². The molecule has 0 saturated carbocycles. The molecule has 2 aliphatic rings. The van der Waals surface area contributed by atoms with Gasteiger partial charge in [0, 0.05) is 56.3 Å². The zero-order valence-corrected chi connectivity index (χ0v) is 31.3. The minimum Gasteiger partial charge on any atom is -0.496 e. The minimum absolute atomic E-state index is 0. The first-order valence-electron chi connectivity index (χ1n) is 16.4. The number of unbranched alkanes of at least 4 members (excludes halogenated alkanes) is 1. The molecule has 1 fully saturated rings. The Morgan fingerprint density at radius 1 is 0.812 bits per heavy atom. The summed E-state index contributed by atoms with van der Waals surface area (Å²) in [6.07, 6.45) is 4.89. The van der Waals surface area contributed by atoms with Gasteiger partial charge in [0.15, 0.2) is 11.5 Å². The summed E-state index contributed by atoms with van der Waals surface area (Å²) in [6.45, 7) is 9.16. The van der Waals surface area contributed by atoms with E-state index in [-0.39, 0.29) is 30.9 Å². The van der Waals surface area contributed by atoms with Crippen molar-refractivity contribution < 1.29 is 23.7 Å². The van der Waals surface area contributed by atoms with Crippen LogP contribution in [0.1, 0.15) is 37.3 Å². The van der Waals surface area contributed by atoms with Crippen LogP contribution in [0.4, 0.5) is 5.69 Å². The third-order valence-electron chi connectivity index (χ3n) is 9.50. The van der Waals surface area contributed by atoms with E-state index in [2.05, 4.69) is 58.0 Å². The Hall–Kier alpha value is -2.82. The van der Waals surface area contributed by atoms with Crippen LogP contribution in [0.3, 0.4) is 0 Å². The molecule has 0 aromatic heterocycles. The Balaban J connectivity index is 0.00000312. The Kier molecular flexibility index (Phi) is 15.5. The maximum Gasteiger partial charge on any atom is 0.164 e. The van der Waals surface area contributed by atoms with Crippen LogP contribution >= 0.6 is 36.6 Å². The van der Waals surface area contributed by atoms with E-state index in [4.69, 9.17) is 18.9 Å². The number of halogens is 2. The van der Waals surface area contributed by atoms with Gasteiger partial charge in [0.1, 0.15) is 23.8 Å². The van der Waals surface area contributed by atoms with Gasteiger partial charge in [-0.3, -0.25) is 0 Å². The molecule has 0 amide bonds. The third-order valence-corrected chi connectivity index (χ3v) is 11.2. The van der Waals surface area contributed by atoms with Crippen molar-refractivity contribution in [2.45, 2.75) is 48.3 Å². The number of carbonyl (C=O) groups excluding carboxylic acids is 1. The van der Waals surface area contributed by atoms with Gasteiger partial charge < -0.3 is 38.4 Å². The maximum absolute atomic E-state index is 12.6. The molecule has 0 aliphatic carbocycles. The van der Waals surface area contributed by atoms with Crippen molar-refractivity contribution in [2.75, 3.05) is 79.2 Å². The average Bonchev–Trinajstić information content (AvgIpc) is 3.10. The van der Waals surface area contributed by atoms with E-state index in [1.54, 1.807) is 33.1 Å². The summed E-state index contributed by atoms with van der Waals surface area (Å²) in [4.78, 5) is 21.0. The summed E-state index contributed by atoms with van der Waals surface area (Å²) in [5.74, 6) is 3.14. The number of rotatable bonds is 15. The van der Waals surface area contributed by atoms with Crippen LogP contribution in [-0.2, 0) is 16.0 Å². The molecule has 2 heterocycles. The van der Waals surface area contributed by atoms with Crippen molar-refractivity contribution >= 4 is 48.5 Å². The molecular formula is C37H51Cl2N3O5S. The standard InChI is InChI=1S/C37H49N3O5S.2ClH/c1-6-37(36(27-41)38(2)30-14-8-10-16-35(30)46-37)29-13-7-9-15-31(29)45-24-12-11-18-39-20-22-40(23-21-39)19-17-28-25-33(43-4)34(44-5)26-32(28)42-3;;/h7-10,13-16,25-27,36H,6,11-12,17-24H2,1-5H3;2*1H. The van der Waals surface area contributed by atoms with Crippen molar-refractivity contribution in [2.24, 2.45) is 0 Å². The number of ether oxygens (including phenoxy) is 4. The fourth-order valence-corrected chi connectivity index (χ4v) is 8.42. The number of methoxy groups -OCH3 is 3. The molecule has 0 radical (unpaired) electrons. The fraction of sp³-hybridized carbons (Fsp3) is 0.486. The van der Waals surface area contributed by atoms with Crippen LogP contribution in [0.25, 0.3) is 0 Å². The summed E-state index contributed by atoms with van der Waals surface area (Å²) >= 11 is 1.80. The van der Waals surface area contributed by atoms with Crippen molar-refractivity contribution in [3.63, 3.8) is 0 Å². The number of hydrogen-bond acceptors (Lipinski definition) is 9. The van der Waals surface area contributed by atoms with Crippen molar-refractivity contribution in [3.05, 3.63) is 71.8 Å². The van der Waals surface area contributed by atoms with E-state index in [1.165, 1.54) is 4.90 Å². The Bertz CT molecular complexity index is 1460. The van der Waals surface area contributed by atoms with Crippen molar-refractivity contribution in [1.82, 2.24) is 9.80 Å². The number of fused-ring (bicyclic) bond motifs is 1. The van der Waals surface area contributed by atoms with Gasteiger partial charge in [0.25, 0.3) is 0 Å². The second-order valence-electron chi connectivity index (χ2n) is 12.0. The quantitative estimate of drug-likeness (QED) is 0.122. The number of aldehydes is 1. The highest BCUT2D eigenvalue weighted by Gasteiger charge is 2.48. The first-order chi connectivity index (χ1) is 22.5. The molecule has 0 spiro atoms. The number of likely N-dealkylation sites (N-methyl/N-ethyl adjacent to an activating group) is 1. The smallest absolute Gasteiger partial charge is 0.164 e. The lowest BCUT2D eigenvalue weighted by Crippen LogP contribution is -2.51. The Morgan fingerprint density at radius 3 is 2.10 bits per heavy atom. The number of thioether (sulfide) groups is 1. The highest BCUT2D eigenvalue weighted by Crippen LogP contribution is 2.56. The molecule has 2 unspecified atom stereocenters. The van der Waals surface area contributed by atoms with Gasteiger partial charge in [-0.25, -0.2) is 0 Å².